The molecular weight excluding hydrogens is 340 g/mol. The second-order valence-electron chi connectivity index (χ2n) is 4.78. The number of benzene rings is 2. The van der Waals surface area contributed by atoms with Gasteiger partial charge in [-0.2, -0.15) is 9.98 Å². The van der Waals surface area contributed by atoms with Crippen LogP contribution in [0.15, 0.2) is 63.4 Å². The molecule has 8 heteroatoms. The summed E-state index contributed by atoms with van der Waals surface area (Å²) in [6, 6.07) is 15.7. The van der Waals surface area contributed by atoms with Gasteiger partial charge < -0.3 is 16.8 Å². The highest BCUT2D eigenvalue weighted by Crippen LogP contribution is 2.27. The van der Waals surface area contributed by atoms with E-state index in [1.165, 1.54) is 16.2 Å². The van der Waals surface area contributed by atoms with Gasteiger partial charge in [-0.15, -0.1) is 11.8 Å². The van der Waals surface area contributed by atoms with Gasteiger partial charge in [0, 0.05) is 10.6 Å². The van der Waals surface area contributed by atoms with E-state index in [0.717, 1.165) is 15.9 Å². The Morgan fingerprint density at radius 3 is 2.58 bits per heavy atom. The van der Waals surface area contributed by atoms with Crippen molar-refractivity contribution in [1.29, 1.82) is 0 Å². The van der Waals surface area contributed by atoms with Gasteiger partial charge in [0.15, 0.2) is 0 Å². The molecule has 122 valence electrons. The molecule has 0 saturated carbocycles. The Hall–Kier alpha value is -2.58. The Morgan fingerprint density at radius 1 is 1.12 bits per heavy atom. The van der Waals surface area contributed by atoms with Crippen LogP contribution in [0.1, 0.15) is 0 Å². The third-order valence-electron chi connectivity index (χ3n) is 3.09. The highest BCUT2D eigenvalue weighted by Gasteiger charge is 2.03. The van der Waals surface area contributed by atoms with Crippen LogP contribution in [0, 0.1) is 0 Å². The van der Waals surface area contributed by atoms with E-state index in [1.54, 1.807) is 11.8 Å². The number of nitrogens with two attached hydrogens (primary N) is 2. The van der Waals surface area contributed by atoms with Gasteiger partial charge in [-0.3, -0.25) is 0 Å². The van der Waals surface area contributed by atoms with Crippen molar-refractivity contribution in [2.24, 2.45) is 21.5 Å². The summed E-state index contributed by atoms with van der Waals surface area (Å²) in [7, 11) is 0. The van der Waals surface area contributed by atoms with Crippen molar-refractivity contribution in [3.05, 3.63) is 48.5 Å². The first-order valence-corrected chi connectivity index (χ1v) is 9.13. The predicted molar refractivity (Wildman–Crippen MR) is 104 cm³/mol. The molecule has 5 N–H and O–H groups in total. The fraction of sp³-hybridized carbons (Fsp3) is 0.0625. The number of rotatable bonds is 3. The second-order valence-corrected chi connectivity index (χ2v) is 6.67. The number of para-hydroxylation sites is 1. The maximum atomic E-state index is 5.86. The molecule has 0 saturated heterocycles. The predicted octanol–water partition coefficient (Wildman–Crippen LogP) is 3.39. The topological polar surface area (TPSA) is 102 Å². The summed E-state index contributed by atoms with van der Waals surface area (Å²) in [5, 5.41) is 3.53. The minimum Gasteiger partial charge on any atom is -0.369 e. The van der Waals surface area contributed by atoms with E-state index >= 15 is 0 Å². The number of anilines is 1. The van der Waals surface area contributed by atoms with Crippen LogP contribution in [0.5, 0.6) is 0 Å². The molecule has 0 atom stereocenters. The zero-order valence-corrected chi connectivity index (χ0v) is 14.6. The van der Waals surface area contributed by atoms with Gasteiger partial charge in [-0.1, -0.05) is 23.5 Å². The number of nitrogens with one attached hydrogen (secondary N) is 1. The Kier molecular flexibility index (Phi) is 4.97. The number of fused-ring (bicyclic) bond motifs is 1. The first-order chi connectivity index (χ1) is 11.6. The molecule has 0 amide bonds. The Bertz CT molecular complexity index is 865. The van der Waals surface area contributed by atoms with Gasteiger partial charge in [-0.05, 0) is 42.7 Å². The SMILES string of the molecule is CSc1ccc(NC(N)=NC(N)=Nc2nc3ccccc3s2)cc1. The summed E-state index contributed by atoms with van der Waals surface area (Å²) in [5.74, 6) is 0.231. The van der Waals surface area contributed by atoms with Crippen LogP contribution in [0.3, 0.4) is 0 Å². The van der Waals surface area contributed by atoms with Crippen LogP contribution in [0.2, 0.25) is 0 Å². The molecule has 0 unspecified atom stereocenters. The zero-order valence-electron chi connectivity index (χ0n) is 12.9. The van der Waals surface area contributed by atoms with Gasteiger partial charge in [0.1, 0.15) is 0 Å². The molecule has 24 heavy (non-hydrogen) atoms. The maximum absolute atomic E-state index is 5.86. The lowest BCUT2D eigenvalue weighted by Gasteiger charge is -2.05. The summed E-state index contributed by atoms with van der Waals surface area (Å²) in [6.07, 6.45) is 2.03. The van der Waals surface area contributed by atoms with Gasteiger partial charge in [0.2, 0.25) is 17.1 Å². The molecule has 0 spiro atoms. The molecule has 0 bridgehead atoms. The number of guanidine groups is 2. The smallest absolute Gasteiger partial charge is 0.226 e. The average Bonchev–Trinajstić information content (AvgIpc) is 2.97. The molecule has 3 rings (SSSR count). The van der Waals surface area contributed by atoms with Crippen molar-refractivity contribution in [2.75, 3.05) is 11.6 Å². The molecule has 0 fully saturated rings. The van der Waals surface area contributed by atoms with Crippen LogP contribution in [-0.4, -0.2) is 23.2 Å². The van der Waals surface area contributed by atoms with Crippen LogP contribution < -0.4 is 16.8 Å². The van der Waals surface area contributed by atoms with E-state index in [0.29, 0.717) is 5.13 Å². The molecule has 0 aliphatic rings. The maximum Gasteiger partial charge on any atom is 0.226 e. The Balaban J connectivity index is 1.73. The number of hydrogen-bond acceptors (Lipinski definition) is 4. The van der Waals surface area contributed by atoms with E-state index < -0.39 is 0 Å². The lowest BCUT2D eigenvalue weighted by molar-refractivity contribution is 1.35. The molecule has 3 aromatic rings. The Morgan fingerprint density at radius 2 is 1.88 bits per heavy atom. The van der Waals surface area contributed by atoms with Crippen molar-refractivity contribution < 1.29 is 0 Å². The molecule has 6 nitrogen and oxygen atoms in total. The summed E-state index contributed by atoms with van der Waals surface area (Å²) >= 11 is 3.13. The molecule has 1 aromatic heterocycles. The number of aliphatic imine (C=N–C) groups is 2. The van der Waals surface area contributed by atoms with Crippen molar-refractivity contribution in [3.8, 4) is 0 Å². The molecular formula is C16H16N6S2. The normalized spacial score (nSPS) is 12.5. The summed E-state index contributed by atoms with van der Waals surface area (Å²) < 4.78 is 1.05. The van der Waals surface area contributed by atoms with E-state index in [4.69, 9.17) is 11.5 Å². The zero-order chi connectivity index (χ0) is 16.9. The van der Waals surface area contributed by atoms with E-state index in [1.807, 2.05) is 54.8 Å². The van der Waals surface area contributed by atoms with Gasteiger partial charge in [-0.25, -0.2) is 4.98 Å². The Labute approximate surface area is 147 Å². The number of nitrogens with zero attached hydrogens (tertiary/aromatic N) is 3. The highest BCUT2D eigenvalue weighted by atomic mass is 32.2. The number of aromatic nitrogens is 1. The fourth-order valence-electron chi connectivity index (χ4n) is 2.00. The molecule has 0 radical (unpaired) electrons. The van der Waals surface area contributed by atoms with Gasteiger partial charge in [0.25, 0.3) is 0 Å². The minimum absolute atomic E-state index is 0.0554. The molecule has 2 aromatic carbocycles. The monoisotopic (exact) mass is 356 g/mol. The summed E-state index contributed by atoms with van der Waals surface area (Å²) in [6.45, 7) is 0. The quantitative estimate of drug-likeness (QED) is 0.379. The number of thiazole rings is 1. The van der Waals surface area contributed by atoms with Crippen molar-refractivity contribution in [3.63, 3.8) is 0 Å². The number of hydrogen-bond donors (Lipinski definition) is 3. The summed E-state index contributed by atoms with van der Waals surface area (Å²) in [4.78, 5) is 13.8. The third kappa shape index (κ3) is 4.03. The van der Waals surface area contributed by atoms with Crippen LogP contribution in [0.4, 0.5) is 10.8 Å². The van der Waals surface area contributed by atoms with E-state index in [-0.39, 0.29) is 11.9 Å². The lowest BCUT2D eigenvalue weighted by atomic mass is 10.3. The lowest BCUT2D eigenvalue weighted by Crippen LogP contribution is -2.25. The first kappa shape index (κ1) is 16.3. The summed E-state index contributed by atoms with van der Waals surface area (Å²) in [5.41, 5.74) is 13.4. The van der Waals surface area contributed by atoms with Gasteiger partial charge >= 0.3 is 0 Å². The highest BCUT2D eigenvalue weighted by molar-refractivity contribution is 7.98. The first-order valence-electron chi connectivity index (χ1n) is 7.09. The third-order valence-corrected chi connectivity index (χ3v) is 4.76. The van der Waals surface area contributed by atoms with Crippen molar-refractivity contribution in [1.82, 2.24) is 4.98 Å². The molecule has 0 aliphatic heterocycles. The van der Waals surface area contributed by atoms with E-state index in [2.05, 4.69) is 20.3 Å². The second kappa shape index (κ2) is 7.33. The van der Waals surface area contributed by atoms with Crippen LogP contribution in [-0.2, 0) is 0 Å². The minimum atomic E-state index is 0.0554. The van der Waals surface area contributed by atoms with E-state index in [9.17, 15) is 0 Å². The average molecular weight is 356 g/mol. The fourth-order valence-corrected chi connectivity index (χ4v) is 3.26. The molecule has 1 heterocycles. The van der Waals surface area contributed by atoms with Crippen LogP contribution in [0.25, 0.3) is 10.2 Å². The van der Waals surface area contributed by atoms with Crippen molar-refractivity contribution >= 4 is 56.1 Å². The van der Waals surface area contributed by atoms with Gasteiger partial charge in [0.05, 0.1) is 10.2 Å². The van der Waals surface area contributed by atoms with Crippen molar-refractivity contribution in [2.45, 2.75) is 4.90 Å². The number of thioether (sulfide) groups is 1. The van der Waals surface area contributed by atoms with Crippen LogP contribution >= 0.6 is 23.1 Å². The standard InChI is InChI=1S/C16H16N6S2/c1-23-11-8-6-10(7-9-11)19-14(17)21-15(18)22-16-20-12-4-2-3-5-13(12)24-16/h2-9H,1H3,(H5,17,18,19,20,21,22). The molecule has 0 aliphatic carbocycles. The largest absolute Gasteiger partial charge is 0.369 e.